The summed E-state index contributed by atoms with van der Waals surface area (Å²) in [5.41, 5.74) is 10.6. The fraction of sp³-hybridized carbons (Fsp3) is 0.269. The summed E-state index contributed by atoms with van der Waals surface area (Å²) in [5, 5.41) is 12.4. The Morgan fingerprint density at radius 2 is 1.94 bits per heavy atom. The van der Waals surface area contributed by atoms with Gasteiger partial charge in [-0.25, -0.2) is 9.37 Å². The molecule has 0 atom stereocenters. The van der Waals surface area contributed by atoms with E-state index in [9.17, 15) is 9.18 Å². The van der Waals surface area contributed by atoms with Gasteiger partial charge in [0, 0.05) is 49.5 Å². The summed E-state index contributed by atoms with van der Waals surface area (Å²) in [6.45, 7) is 6.02. The van der Waals surface area contributed by atoms with Crippen LogP contribution in [0.4, 0.5) is 10.3 Å². The Balaban J connectivity index is 1.73. The van der Waals surface area contributed by atoms with Gasteiger partial charge in [-0.05, 0) is 42.2 Å². The molecule has 0 saturated carbocycles. The third-order valence-corrected chi connectivity index (χ3v) is 6.66. The molecular formula is C26H25FN6O. The molecule has 34 heavy (non-hydrogen) atoms. The van der Waals surface area contributed by atoms with Gasteiger partial charge in [-0.1, -0.05) is 24.8 Å². The number of halogens is 1. The van der Waals surface area contributed by atoms with Gasteiger partial charge in [0.05, 0.1) is 16.8 Å². The van der Waals surface area contributed by atoms with E-state index in [0.717, 1.165) is 29.7 Å². The molecule has 3 N–H and O–H groups in total. The lowest BCUT2D eigenvalue weighted by molar-refractivity contribution is 0.490. The van der Waals surface area contributed by atoms with Crippen LogP contribution in [-0.4, -0.2) is 28.7 Å². The predicted molar refractivity (Wildman–Crippen MR) is 130 cm³/mol. The molecule has 7 nitrogen and oxygen atoms in total. The van der Waals surface area contributed by atoms with E-state index in [1.807, 2.05) is 24.3 Å². The van der Waals surface area contributed by atoms with Crippen molar-refractivity contribution in [1.82, 2.24) is 14.9 Å². The van der Waals surface area contributed by atoms with E-state index in [1.54, 1.807) is 17.7 Å². The Labute approximate surface area is 197 Å². The monoisotopic (exact) mass is 456 g/mol. The Kier molecular flexibility index (Phi) is 5.42. The van der Waals surface area contributed by atoms with E-state index in [-0.39, 0.29) is 17.2 Å². The van der Waals surface area contributed by atoms with Gasteiger partial charge in [0.15, 0.2) is 0 Å². The fourth-order valence-electron chi connectivity index (χ4n) is 4.68. The second-order valence-corrected chi connectivity index (χ2v) is 8.83. The van der Waals surface area contributed by atoms with Crippen LogP contribution < -0.4 is 21.5 Å². The van der Waals surface area contributed by atoms with E-state index >= 15 is 0 Å². The van der Waals surface area contributed by atoms with Gasteiger partial charge >= 0.3 is 0 Å². The molecule has 1 fully saturated rings. The molecule has 0 bridgehead atoms. The van der Waals surface area contributed by atoms with Crippen LogP contribution in [-0.2, 0) is 13.6 Å². The zero-order valence-electron chi connectivity index (χ0n) is 18.9. The van der Waals surface area contributed by atoms with Gasteiger partial charge in [-0.2, -0.15) is 5.26 Å². The number of rotatable bonds is 3. The first kappa shape index (κ1) is 21.9. The van der Waals surface area contributed by atoms with Crippen LogP contribution in [0.1, 0.15) is 29.5 Å². The smallest absolute Gasteiger partial charge is 0.263 e. The van der Waals surface area contributed by atoms with Crippen molar-refractivity contribution in [2.24, 2.45) is 12.8 Å². The lowest BCUT2D eigenvalue weighted by atomic mass is 9.96. The van der Waals surface area contributed by atoms with Crippen LogP contribution in [0.25, 0.3) is 28.1 Å². The lowest BCUT2D eigenvalue weighted by Gasteiger charge is -2.32. The van der Waals surface area contributed by atoms with Crippen LogP contribution >= 0.6 is 0 Å². The summed E-state index contributed by atoms with van der Waals surface area (Å²) in [7, 11) is 1.71. The van der Waals surface area contributed by atoms with Gasteiger partial charge < -0.3 is 16.0 Å². The highest BCUT2D eigenvalue weighted by atomic mass is 19.1. The Morgan fingerprint density at radius 1 is 1.21 bits per heavy atom. The molecule has 2 aromatic carbocycles. The number of nitrogens with zero attached hydrogens (tertiary/aromatic N) is 4. The number of fused-ring (bicyclic) bond motifs is 1. The van der Waals surface area contributed by atoms with Gasteiger partial charge in [-0.3, -0.25) is 9.36 Å². The maximum atomic E-state index is 14.6. The molecule has 8 heteroatoms. The highest BCUT2D eigenvalue weighted by molar-refractivity contribution is 5.83. The molecule has 0 radical (unpaired) electrons. The number of nitrogens with two attached hydrogens (primary N) is 1. The molecule has 5 rings (SSSR count). The highest BCUT2D eigenvalue weighted by Gasteiger charge is 2.25. The van der Waals surface area contributed by atoms with Crippen molar-refractivity contribution in [3.8, 4) is 28.5 Å². The van der Waals surface area contributed by atoms with E-state index in [2.05, 4.69) is 16.8 Å². The van der Waals surface area contributed by atoms with Crippen molar-refractivity contribution >= 4 is 11.6 Å². The maximum absolute atomic E-state index is 14.6. The minimum Gasteiger partial charge on any atom is -0.381 e. The van der Waals surface area contributed by atoms with Crippen LogP contribution in [0.3, 0.4) is 0 Å². The number of hydrogen-bond acceptors (Lipinski definition) is 6. The Hall–Kier alpha value is -3.96. The number of anilines is 1. The predicted octanol–water partition coefficient (Wildman–Crippen LogP) is 3.13. The molecule has 0 amide bonds. The fourth-order valence-corrected chi connectivity index (χ4v) is 4.68. The molecule has 0 unspecified atom stereocenters. The first-order chi connectivity index (χ1) is 16.4. The summed E-state index contributed by atoms with van der Waals surface area (Å²) < 4.78 is 16.2. The quantitative estimate of drug-likeness (QED) is 0.628. The number of nitrogens with one attached hydrogen (secondary N) is 1. The van der Waals surface area contributed by atoms with Crippen LogP contribution in [0.15, 0.2) is 47.8 Å². The Bertz CT molecular complexity index is 1410. The van der Waals surface area contributed by atoms with Crippen molar-refractivity contribution in [1.29, 1.82) is 5.26 Å². The normalized spacial score (nSPS) is 15.7. The van der Waals surface area contributed by atoms with Crippen molar-refractivity contribution in [3.05, 3.63) is 75.8 Å². The number of hydrogen-bond donors (Lipinski definition) is 2. The zero-order valence-corrected chi connectivity index (χ0v) is 18.9. The van der Waals surface area contributed by atoms with Gasteiger partial charge in [0.25, 0.3) is 5.56 Å². The number of benzene rings is 2. The minimum absolute atomic E-state index is 0.0542. The second-order valence-electron chi connectivity index (χ2n) is 8.83. The highest BCUT2D eigenvalue weighted by Crippen LogP contribution is 2.34. The molecular weight excluding hydrogens is 431 g/mol. The van der Waals surface area contributed by atoms with Crippen molar-refractivity contribution in [3.63, 3.8) is 0 Å². The molecule has 1 aromatic heterocycles. The van der Waals surface area contributed by atoms with Crippen LogP contribution in [0, 0.1) is 17.1 Å². The van der Waals surface area contributed by atoms with Gasteiger partial charge in [0.1, 0.15) is 11.9 Å². The van der Waals surface area contributed by atoms with E-state index in [1.165, 1.54) is 12.1 Å². The van der Waals surface area contributed by atoms with Crippen molar-refractivity contribution in [2.45, 2.75) is 25.4 Å². The zero-order chi connectivity index (χ0) is 24.0. The third kappa shape index (κ3) is 3.64. The van der Waals surface area contributed by atoms with Crippen molar-refractivity contribution < 1.29 is 4.39 Å². The number of aromatic nitrogens is 2. The standard InChI is InChI=1S/C26H25FN6O/c1-15-21-6-5-16(11-19(21)14-30-15)23-24(17-3-4-18(13-28)22(27)12-17)31-26(32(2)25(23)34)33-9-7-20(29)8-10-33/h3-6,11-12,20,30H,1,7-10,14,29H2,2H3. The van der Waals surface area contributed by atoms with E-state index < -0.39 is 5.82 Å². The largest absolute Gasteiger partial charge is 0.381 e. The first-order valence-corrected chi connectivity index (χ1v) is 11.3. The topological polar surface area (TPSA) is 100.0 Å². The molecule has 0 aliphatic carbocycles. The number of nitriles is 1. The molecule has 0 spiro atoms. The summed E-state index contributed by atoms with van der Waals surface area (Å²) in [6, 6.07) is 12.1. The molecule has 3 aromatic rings. The SMILES string of the molecule is C=C1NCc2cc(-c3c(-c4ccc(C#N)c(F)c4)nc(N4CCC(N)CC4)n(C)c3=O)ccc21. The van der Waals surface area contributed by atoms with Gasteiger partial charge in [0.2, 0.25) is 5.95 Å². The van der Waals surface area contributed by atoms with Crippen molar-refractivity contribution in [2.75, 3.05) is 18.0 Å². The molecule has 1 saturated heterocycles. The molecule has 2 aliphatic heterocycles. The molecule has 2 aliphatic rings. The Morgan fingerprint density at radius 3 is 2.65 bits per heavy atom. The summed E-state index contributed by atoms with van der Waals surface area (Å²) in [4.78, 5) is 20.7. The average Bonchev–Trinajstić information content (AvgIpc) is 3.21. The molecule has 172 valence electrons. The van der Waals surface area contributed by atoms with E-state index in [4.69, 9.17) is 16.0 Å². The molecule has 3 heterocycles. The summed E-state index contributed by atoms with van der Waals surface area (Å²) in [6.07, 6.45) is 1.61. The maximum Gasteiger partial charge on any atom is 0.263 e. The lowest BCUT2D eigenvalue weighted by Crippen LogP contribution is -2.42. The van der Waals surface area contributed by atoms with Gasteiger partial charge in [-0.15, -0.1) is 0 Å². The third-order valence-electron chi connectivity index (χ3n) is 6.66. The second kappa shape index (κ2) is 8.43. The average molecular weight is 457 g/mol. The van der Waals surface area contributed by atoms with E-state index in [0.29, 0.717) is 48.0 Å². The first-order valence-electron chi connectivity index (χ1n) is 11.3. The number of piperidine rings is 1. The summed E-state index contributed by atoms with van der Waals surface area (Å²) in [5.74, 6) is -0.120. The minimum atomic E-state index is -0.645. The summed E-state index contributed by atoms with van der Waals surface area (Å²) >= 11 is 0. The van der Waals surface area contributed by atoms with Crippen LogP contribution in [0.2, 0.25) is 0 Å². The van der Waals surface area contributed by atoms with Crippen LogP contribution in [0.5, 0.6) is 0 Å².